The molecule has 0 unspecified atom stereocenters. The highest BCUT2D eigenvalue weighted by atomic mass is 32.1. The Bertz CT molecular complexity index is 669. The van der Waals surface area contributed by atoms with E-state index >= 15 is 0 Å². The normalized spacial score (nSPS) is 10.1. The van der Waals surface area contributed by atoms with Crippen molar-refractivity contribution in [1.29, 1.82) is 0 Å². The Labute approximate surface area is 134 Å². The van der Waals surface area contributed by atoms with Gasteiger partial charge in [0.25, 0.3) is 0 Å². The molecule has 6 nitrogen and oxygen atoms in total. The fourth-order valence-electron chi connectivity index (χ4n) is 1.99. The smallest absolute Gasteiger partial charge is 0.338 e. The summed E-state index contributed by atoms with van der Waals surface area (Å²) in [5.41, 5.74) is 2.18. The van der Waals surface area contributed by atoms with Crippen molar-refractivity contribution >= 4 is 29.0 Å². The molecule has 116 valence electrons. The summed E-state index contributed by atoms with van der Waals surface area (Å²) < 4.78 is 6.53. The van der Waals surface area contributed by atoms with Gasteiger partial charge in [-0.15, -0.1) is 0 Å². The Morgan fingerprint density at radius 1 is 1.41 bits per heavy atom. The first-order valence-corrected chi connectivity index (χ1v) is 7.28. The van der Waals surface area contributed by atoms with Crippen molar-refractivity contribution in [2.45, 2.75) is 13.5 Å². The monoisotopic (exact) mass is 318 g/mol. The standard InChI is InChI=1S/C15H18N4O2S/c1-3-16-15(22)18-12-8-17-19(10-12)9-11-6-4-5-7-13(11)14(20)21-2/h4-8,10H,3,9H2,1-2H3,(H2,16,18,22). The van der Waals surface area contributed by atoms with Crippen molar-refractivity contribution in [1.82, 2.24) is 15.1 Å². The van der Waals surface area contributed by atoms with E-state index < -0.39 is 0 Å². The molecule has 0 amide bonds. The van der Waals surface area contributed by atoms with E-state index in [9.17, 15) is 4.79 Å². The second kappa shape index (κ2) is 7.56. The molecule has 0 atom stereocenters. The third kappa shape index (κ3) is 4.05. The summed E-state index contributed by atoms with van der Waals surface area (Å²) in [7, 11) is 1.37. The number of carbonyl (C=O) groups is 1. The lowest BCUT2D eigenvalue weighted by Gasteiger charge is -2.08. The highest BCUT2D eigenvalue weighted by molar-refractivity contribution is 7.80. The van der Waals surface area contributed by atoms with Gasteiger partial charge in [-0.05, 0) is 30.8 Å². The van der Waals surface area contributed by atoms with E-state index in [2.05, 4.69) is 15.7 Å². The number of ether oxygens (including phenoxy) is 1. The first-order chi connectivity index (χ1) is 10.6. The molecular formula is C15H18N4O2S. The maximum absolute atomic E-state index is 11.8. The molecular weight excluding hydrogens is 300 g/mol. The Balaban J connectivity index is 2.10. The minimum atomic E-state index is -0.352. The van der Waals surface area contributed by atoms with Gasteiger partial charge in [0.15, 0.2) is 5.11 Å². The second-order valence-electron chi connectivity index (χ2n) is 4.56. The van der Waals surface area contributed by atoms with Gasteiger partial charge in [0, 0.05) is 12.7 Å². The Morgan fingerprint density at radius 3 is 2.91 bits per heavy atom. The van der Waals surface area contributed by atoms with E-state index in [4.69, 9.17) is 17.0 Å². The molecule has 0 spiro atoms. The maximum Gasteiger partial charge on any atom is 0.338 e. The zero-order chi connectivity index (χ0) is 15.9. The third-order valence-electron chi connectivity index (χ3n) is 2.98. The molecule has 0 aliphatic heterocycles. The lowest BCUT2D eigenvalue weighted by atomic mass is 10.1. The Kier molecular flexibility index (Phi) is 5.48. The van der Waals surface area contributed by atoms with Crippen LogP contribution in [0.4, 0.5) is 5.69 Å². The van der Waals surface area contributed by atoms with Crippen LogP contribution in [0.3, 0.4) is 0 Å². The summed E-state index contributed by atoms with van der Waals surface area (Å²) in [6, 6.07) is 7.31. The van der Waals surface area contributed by atoms with Crippen LogP contribution in [0.15, 0.2) is 36.7 Å². The van der Waals surface area contributed by atoms with Crippen molar-refractivity contribution in [2.75, 3.05) is 19.0 Å². The number of thiocarbonyl (C=S) groups is 1. The zero-order valence-electron chi connectivity index (χ0n) is 12.5. The van der Waals surface area contributed by atoms with E-state index in [0.29, 0.717) is 17.2 Å². The van der Waals surface area contributed by atoms with Crippen molar-refractivity contribution in [2.24, 2.45) is 0 Å². The molecule has 7 heteroatoms. The number of nitrogens with zero attached hydrogens (tertiary/aromatic N) is 2. The number of esters is 1. The lowest BCUT2D eigenvalue weighted by molar-refractivity contribution is 0.0599. The number of benzene rings is 1. The van der Waals surface area contributed by atoms with Crippen molar-refractivity contribution in [3.63, 3.8) is 0 Å². The average Bonchev–Trinajstić information content (AvgIpc) is 2.94. The average molecular weight is 318 g/mol. The summed E-state index contributed by atoms with van der Waals surface area (Å²) in [4.78, 5) is 11.8. The molecule has 1 aromatic carbocycles. The van der Waals surface area contributed by atoms with Gasteiger partial charge in [-0.2, -0.15) is 5.10 Å². The van der Waals surface area contributed by atoms with Crippen molar-refractivity contribution in [3.05, 3.63) is 47.8 Å². The number of carbonyl (C=O) groups excluding carboxylic acids is 1. The molecule has 2 rings (SSSR count). The van der Waals surface area contributed by atoms with E-state index in [0.717, 1.165) is 17.8 Å². The minimum Gasteiger partial charge on any atom is -0.465 e. The Hall–Kier alpha value is -2.41. The van der Waals surface area contributed by atoms with Crippen LogP contribution in [0.1, 0.15) is 22.8 Å². The summed E-state index contributed by atoms with van der Waals surface area (Å²) in [6.45, 7) is 3.20. The topological polar surface area (TPSA) is 68.2 Å². The molecule has 1 heterocycles. The molecule has 2 N–H and O–H groups in total. The van der Waals surface area contributed by atoms with Crippen LogP contribution in [0, 0.1) is 0 Å². The predicted molar refractivity (Wildman–Crippen MR) is 89.0 cm³/mol. The molecule has 0 saturated heterocycles. The van der Waals surface area contributed by atoms with Crippen LogP contribution < -0.4 is 10.6 Å². The van der Waals surface area contributed by atoms with E-state index in [-0.39, 0.29) is 5.97 Å². The molecule has 0 aliphatic carbocycles. The van der Waals surface area contributed by atoms with Gasteiger partial charge in [-0.3, -0.25) is 4.68 Å². The maximum atomic E-state index is 11.8. The van der Waals surface area contributed by atoms with E-state index in [1.165, 1.54) is 7.11 Å². The quantitative estimate of drug-likeness (QED) is 0.649. The summed E-state index contributed by atoms with van der Waals surface area (Å²) >= 11 is 5.12. The highest BCUT2D eigenvalue weighted by Crippen LogP contribution is 2.13. The van der Waals surface area contributed by atoms with Gasteiger partial charge in [-0.1, -0.05) is 18.2 Å². The van der Waals surface area contributed by atoms with Crippen molar-refractivity contribution in [3.8, 4) is 0 Å². The highest BCUT2D eigenvalue weighted by Gasteiger charge is 2.11. The van der Waals surface area contributed by atoms with Crippen LogP contribution in [0.25, 0.3) is 0 Å². The SMILES string of the molecule is CCNC(=S)Nc1cnn(Cc2ccccc2C(=O)OC)c1. The molecule has 0 fully saturated rings. The molecule has 0 radical (unpaired) electrons. The fraction of sp³-hybridized carbons (Fsp3) is 0.267. The second-order valence-corrected chi connectivity index (χ2v) is 4.97. The minimum absolute atomic E-state index is 0.352. The van der Waals surface area contributed by atoms with Gasteiger partial charge in [-0.25, -0.2) is 4.79 Å². The molecule has 1 aromatic heterocycles. The number of anilines is 1. The molecule has 0 saturated carbocycles. The Morgan fingerprint density at radius 2 is 2.18 bits per heavy atom. The molecule has 0 bridgehead atoms. The fourth-order valence-corrected chi connectivity index (χ4v) is 2.25. The van der Waals surface area contributed by atoms with E-state index in [1.54, 1.807) is 23.0 Å². The predicted octanol–water partition coefficient (Wildman–Crippen LogP) is 2.02. The number of methoxy groups -OCH3 is 1. The van der Waals surface area contributed by atoms with Gasteiger partial charge in [0.05, 0.1) is 31.1 Å². The molecule has 22 heavy (non-hydrogen) atoms. The first kappa shape index (κ1) is 16.0. The summed E-state index contributed by atoms with van der Waals surface area (Å²) in [6.07, 6.45) is 3.52. The van der Waals surface area contributed by atoms with Crippen LogP contribution >= 0.6 is 12.2 Å². The van der Waals surface area contributed by atoms with Crippen LogP contribution in [0.5, 0.6) is 0 Å². The molecule has 2 aromatic rings. The van der Waals surface area contributed by atoms with Crippen LogP contribution in [-0.4, -0.2) is 34.5 Å². The van der Waals surface area contributed by atoms with Gasteiger partial charge >= 0.3 is 5.97 Å². The summed E-state index contributed by atoms with van der Waals surface area (Å²) in [5, 5.41) is 10.9. The number of nitrogens with one attached hydrogen (secondary N) is 2. The van der Waals surface area contributed by atoms with Crippen LogP contribution in [-0.2, 0) is 11.3 Å². The van der Waals surface area contributed by atoms with Gasteiger partial charge in [0.1, 0.15) is 0 Å². The van der Waals surface area contributed by atoms with Gasteiger partial charge in [0.2, 0.25) is 0 Å². The lowest BCUT2D eigenvalue weighted by Crippen LogP contribution is -2.27. The molecule has 0 aliphatic rings. The van der Waals surface area contributed by atoms with E-state index in [1.807, 2.05) is 25.3 Å². The number of hydrogen-bond acceptors (Lipinski definition) is 4. The number of aromatic nitrogens is 2. The number of rotatable bonds is 5. The largest absolute Gasteiger partial charge is 0.465 e. The zero-order valence-corrected chi connectivity index (χ0v) is 13.3. The number of hydrogen-bond donors (Lipinski definition) is 2. The summed E-state index contributed by atoms with van der Waals surface area (Å²) in [5.74, 6) is -0.352. The third-order valence-corrected chi connectivity index (χ3v) is 3.23. The van der Waals surface area contributed by atoms with Crippen molar-refractivity contribution < 1.29 is 9.53 Å². The van der Waals surface area contributed by atoms with Gasteiger partial charge < -0.3 is 15.4 Å². The first-order valence-electron chi connectivity index (χ1n) is 6.87. The van der Waals surface area contributed by atoms with Crippen LogP contribution in [0.2, 0.25) is 0 Å².